The second-order valence-corrected chi connectivity index (χ2v) is 8.00. The van der Waals surface area contributed by atoms with E-state index in [0.717, 1.165) is 12.8 Å². The first-order chi connectivity index (χ1) is 8.93. The minimum Gasteiger partial charge on any atom is -0.481 e. The molecule has 1 N–H and O–H groups in total. The summed E-state index contributed by atoms with van der Waals surface area (Å²) in [5.41, 5.74) is 0. The number of hydrogen-bond donors (Lipinski definition) is 1. The van der Waals surface area contributed by atoms with E-state index in [1.807, 2.05) is 0 Å². The van der Waals surface area contributed by atoms with E-state index in [0.29, 0.717) is 18.5 Å². The fraction of sp³-hybridized carbons (Fsp3) is 0.923. The summed E-state index contributed by atoms with van der Waals surface area (Å²) >= 11 is 0. The van der Waals surface area contributed by atoms with Crippen LogP contribution >= 0.6 is 0 Å². The first-order valence-electron chi connectivity index (χ1n) is 7.11. The van der Waals surface area contributed by atoms with E-state index < -0.39 is 15.8 Å². The molecule has 1 aliphatic heterocycles. The molecule has 2 rings (SSSR count). The van der Waals surface area contributed by atoms with Crippen LogP contribution in [0, 0.1) is 5.92 Å². The third kappa shape index (κ3) is 3.48. The van der Waals surface area contributed by atoms with Crippen LogP contribution in [0.25, 0.3) is 0 Å². The summed E-state index contributed by atoms with van der Waals surface area (Å²) in [6.45, 7) is 2.66. The molecule has 0 aromatic rings. The van der Waals surface area contributed by atoms with Crippen LogP contribution in [0.15, 0.2) is 0 Å². The zero-order chi connectivity index (χ0) is 14.0. The largest absolute Gasteiger partial charge is 0.481 e. The lowest BCUT2D eigenvalue weighted by Gasteiger charge is -2.41. The van der Waals surface area contributed by atoms with Crippen molar-refractivity contribution in [2.24, 2.45) is 5.92 Å². The highest BCUT2D eigenvalue weighted by Crippen LogP contribution is 2.35. The molecular formula is C13H23NO4S. The average molecular weight is 289 g/mol. The molecule has 110 valence electrons. The van der Waals surface area contributed by atoms with Crippen molar-refractivity contribution in [3.8, 4) is 0 Å². The Morgan fingerprint density at radius 2 is 2.11 bits per heavy atom. The monoisotopic (exact) mass is 289 g/mol. The van der Waals surface area contributed by atoms with Crippen LogP contribution in [0.4, 0.5) is 0 Å². The minimum absolute atomic E-state index is 0.00618. The Morgan fingerprint density at radius 3 is 2.74 bits per heavy atom. The highest BCUT2D eigenvalue weighted by Gasteiger charge is 2.40. The van der Waals surface area contributed by atoms with Crippen molar-refractivity contribution < 1.29 is 18.3 Å². The maximum atomic E-state index is 11.7. The quantitative estimate of drug-likeness (QED) is 0.840. The van der Waals surface area contributed by atoms with Crippen molar-refractivity contribution in [1.82, 2.24) is 4.90 Å². The molecule has 0 aromatic heterocycles. The smallest absolute Gasteiger partial charge is 0.304 e. The van der Waals surface area contributed by atoms with Gasteiger partial charge in [0.2, 0.25) is 0 Å². The molecule has 1 saturated carbocycles. The molecule has 1 saturated heterocycles. The first-order valence-corrected chi connectivity index (χ1v) is 8.93. The van der Waals surface area contributed by atoms with Gasteiger partial charge in [-0.25, -0.2) is 8.42 Å². The molecule has 2 fully saturated rings. The van der Waals surface area contributed by atoms with Crippen LogP contribution in [0.2, 0.25) is 0 Å². The molecule has 19 heavy (non-hydrogen) atoms. The second-order valence-electron chi connectivity index (χ2n) is 5.77. The summed E-state index contributed by atoms with van der Waals surface area (Å²) in [6.07, 6.45) is 4.46. The Kier molecular flexibility index (Phi) is 4.50. The van der Waals surface area contributed by atoms with Crippen LogP contribution in [0.1, 0.15) is 39.0 Å². The number of carboxylic acid groups (broad SMARTS) is 1. The minimum atomic E-state index is -3.07. The van der Waals surface area contributed by atoms with Gasteiger partial charge in [0, 0.05) is 18.6 Å². The Labute approximate surface area is 114 Å². The molecule has 2 aliphatic rings. The Morgan fingerprint density at radius 1 is 1.37 bits per heavy atom. The highest BCUT2D eigenvalue weighted by molar-refractivity contribution is 7.91. The summed E-state index contributed by atoms with van der Waals surface area (Å²) in [6, 6.07) is 0.0400. The third-order valence-electron chi connectivity index (χ3n) is 4.56. The van der Waals surface area contributed by atoms with Gasteiger partial charge >= 0.3 is 5.97 Å². The zero-order valence-corrected chi connectivity index (χ0v) is 12.2. The van der Waals surface area contributed by atoms with Crippen molar-refractivity contribution in [2.75, 3.05) is 18.1 Å². The summed E-state index contributed by atoms with van der Waals surface area (Å²) in [7, 11) is -3.07. The SMILES string of the molecule is CCC1CCCC1N1CCS(=O)(=O)CC1CC(=O)O. The van der Waals surface area contributed by atoms with Gasteiger partial charge in [-0.2, -0.15) is 0 Å². The predicted molar refractivity (Wildman–Crippen MR) is 72.8 cm³/mol. The van der Waals surface area contributed by atoms with Gasteiger partial charge in [-0.05, 0) is 18.8 Å². The van der Waals surface area contributed by atoms with Crippen molar-refractivity contribution in [3.63, 3.8) is 0 Å². The Bertz CT molecular complexity index is 434. The van der Waals surface area contributed by atoms with Gasteiger partial charge in [-0.3, -0.25) is 9.69 Å². The Balaban J connectivity index is 2.14. The van der Waals surface area contributed by atoms with E-state index in [1.165, 1.54) is 12.8 Å². The van der Waals surface area contributed by atoms with Crippen molar-refractivity contribution >= 4 is 15.8 Å². The number of nitrogens with zero attached hydrogens (tertiary/aromatic N) is 1. The van der Waals surface area contributed by atoms with Gasteiger partial charge in [0.25, 0.3) is 0 Å². The van der Waals surface area contributed by atoms with Gasteiger partial charge in [0.1, 0.15) is 0 Å². The maximum absolute atomic E-state index is 11.7. The molecule has 1 heterocycles. The fourth-order valence-corrected chi connectivity index (χ4v) is 5.19. The fourth-order valence-electron chi connectivity index (χ4n) is 3.64. The first kappa shape index (κ1) is 14.8. The number of sulfone groups is 1. The van der Waals surface area contributed by atoms with E-state index in [1.54, 1.807) is 0 Å². The lowest BCUT2D eigenvalue weighted by Crippen LogP contribution is -2.54. The number of aliphatic carboxylic acids is 1. The van der Waals surface area contributed by atoms with Crippen molar-refractivity contribution in [1.29, 1.82) is 0 Å². The summed E-state index contributed by atoms with van der Waals surface area (Å²) in [5, 5.41) is 9.00. The zero-order valence-electron chi connectivity index (χ0n) is 11.4. The normalized spacial score (nSPS) is 35.3. The number of hydrogen-bond acceptors (Lipinski definition) is 4. The molecule has 6 heteroatoms. The molecular weight excluding hydrogens is 266 g/mol. The molecule has 0 radical (unpaired) electrons. The lowest BCUT2D eigenvalue weighted by molar-refractivity contribution is -0.138. The van der Waals surface area contributed by atoms with Crippen molar-refractivity contribution in [3.05, 3.63) is 0 Å². The molecule has 0 bridgehead atoms. The molecule has 0 spiro atoms. The third-order valence-corrected chi connectivity index (χ3v) is 6.25. The average Bonchev–Trinajstić information content (AvgIpc) is 2.75. The van der Waals surface area contributed by atoms with Crippen LogP contribution in [0.5, 0.6) is 0 Å². The highest BCUT2D eigenvalue weighted by atomic mass is 32.2. The number of rotatable bonds is 4. The molecule has 3 atom stereocenters. The molecule has 0 amide bonds. The van der Waals surface area contributed by atoms with Crippen LogP contribution < -0.4 is 0 Å². The maximum Gasteiger partial charge on any atom is 0.304 e. The second kappa shape index (κ2) is 5.79. The summed E-state index contributed by atoms with van der Waals surface area (Å²) in [4.78, 5) is 13.1. The molecule has 5 nitrogen and oxygen atoms in total. The number of carbonyl (C=O) groups is 1. The molecule has 3 unspecified atom stereocenters. The van der Waals surface area contributed by atoms with E-state index >= 15 is 0 Å². The Hall–Kier alpha value is -0.620. The summed E-state index contributed by atoms with van der Waals surface area (Å²) in [5.74, 6) is -0.127. The van der Waals surface area contributed by atoms with Crippen LogP contribution in [-0.2, 0) is 14.6 Å². The predicted octanol–water partition coefficient (Wildman–Crippen LogP) is 1.14. The molecule has 1 aliphatic carbocycles. The topological polar surface area (TPSA) is 74.7 Å². The van der Waals surface area contributed by atoms with Gasteiger partial charge in [0.05, 0.1) is 17.9 Å². The van der Waals surface area contributed by atoms with E-state index in [2.05, 4.69) is 11.8 Å². The van der Waals surface area contributed by atoms with Gasteiger partial charge in [0.15, 0.2) is 9.84 Å². The van der Waals surface area contributed by atoms with Crippen LogP contribution in [-0.4, -0.2) is 54.5 Å². The van der Waals surface area contributed by atoms with Crippen molar-refractivity contribution in [2.45, 2.75) is 51.1 Å². The van der Waals surface area contributed by atoms with Gasteiger partial charge in [-0.15, -0.1) is 0 Å². The van der Waals surface area contributed by atoms with Gasteiger partial charge in [-0.1, -0.05) is 19.8 Å². The van der Waals surface area contributed by atoms with E-state index in [4.69, 9.17) is 5.11 Å². The van der Waals surface area contributed by atoms with E-state index in [-0.39, 0.29) is 24.0 Å². The molecule has 0 aromatic carbocycles. The van der Waals surface area contributed by atoms with E-state index in [9.17, 15) is 13.2 Å². The van der Waals surface area contributed by atoms with Gasteiger partial charge < -0.3 is 5.11 Å². The number of carboxylic acids is 1. The summed E-state index contributed by atoms with van der Waals surface area (Å²) < 4.78 is 23.5. The van der Waals surface area contributed by atoms with Crippen LogP contribution in [0.3, 0.4) is 0 Å². The lowest BCUT2D eigenvalue weighted by atomic mass is 9.97. The standard InChI is InChI=1S/C13H23NO4S/c1-2-10-4-3-5-12(10)14-6-7-19(17,18)9-11(14)8-13(15)16/h10-12H,2-9H2,1H3,(H,15,16).